The molecule has 0 N–H and O–H groups in total. The second-order valence-electron chi connectivity index (χ2n) is 8.40. The van der Waals surface area contributed by atoms with Crippen molar-refractivity contribution in [2.75, 3.05) is 19.6 Å². The fourth-order valence-corrected chi connectivity index (χ4v) is 4.38. The molecule has 1 saturated heterocycles. The fraction of sp³-hybridized carbons (Fsp3) is 0.179. The van der Waals surface area contributed by atoms with Gasteiger partial charge >= 0.3 is 0 Å². The number of para-hydroxylation sites is 1. The highest BCUT2D eigenvalue weighted by atomic mass is 15.2. The average molecular weight is 430 g/mol. The Balaban J connectivity index is 1.45. The minimum Gasteiger partial charge on any atom is -0.303 e. The maximum absolute atomic E-state index is 4.68. The normalized spacial score (nSPS) is 13.6. The highest BCUT2D eigenvalue weighted by molar-refractivity contribution is 6.03. The number of nitrogens with zero attached hydrogens (tertiary/aromatic N) is 5. The first-order valence-corrected chi connectivity index (χ1v) is 11.3. The van der Waals surface area contributed by atoms with E-state index in [1.165, 1.54) is 30.8 Å². The average Bonchev–Trinajstić information content (AvgIpc) is 3.27. The van der Waals surface area contributed by atoms with Gasteiger partial charge in [-0.1, -0.05) is 30.0 Å². The summed E-state index contributed by atoms with van der Waals surface area (Å²) in [5, 5.41) is 1.06. The maximum atomic E-state index is 4.68. The first-order valence-electron chi connectivity index (χ1n) is 11.3. The van der Waals surface area contributed by atoms with Crippen molar-refractivity contribution in [3.63, 3.8) is 0 Å². The number of rotatable bonds is 4. The van der Waals surface area contributed by atoms with Gasteiger partial charge in [0, 0.05) is 35.5 Å². The minimum atomic E-state index is 0.886. The molecule has 0 saturated carbocycles. The summed E-state index contributed by atoms with van der Waals surface area (Å²) >= 11 is 0. The van der Waals surface area contributed by atoms with E-state index < -0.39 is 0 Å². The standard InChI is InChI=1S/C28H23N5/c1-2-7-27(23(6-1)12-16-32-14-4-15-32)33-20-31-26-19-30-25-11-10-21(17-24(25)28(26)33)8-9-22-5-3-13-29-18-22/h1-3,5-7,10-11,13,17-20H,4,12,14-16H2. The van der Waals surface area contributed by atoms with Crippen LogP contribution in [0.1, 0.15) is 23.1 Å². The van der Waals surface area contributed by atoms with E-state index in [2.05, 4.69) is 66.6 Å². The number of benzene rings is 2. The Morgan fingerprint density at radius 3 is 2.61 bits per heavy atom. The SMILES string of the molecule is C(#Cc1ccc2ncc3ncn(-c4ccccc4CCN4CCC4)c3c2c1)c1cccnc1. The summed E-state index contributed by atoms with van der Waals surface area (Å²) in [6.45, 7) is 3.53. The third-order valence-electron chi connectivity index (χ3n) is 6.28. The van der Waals surface area contributed by atoms with Gasteiger partial charge in [0.05, 0.1) is 22.9 Å². The van der Waals surface area contributed by atoms with Gasteiger partial charge in [0.25, 0.3) is 0 Å². The lowest BCUT2D eigenvalue weighted by atomic mass is 10.1. The van der Waals surface area contributed by atoms with Crippen molar-refractivity contribution in [3.8, 4) is 17.5 Å². The highest BCUT2D eigenvalue weighted by Crippen LogP contribution is 2.28. The van der Waals surface area contributed by atoms with E-state index >= 15 is 0 Å². The van der Waals surface area contributed by atoms with Crippen molar-refractivity contribution >= 4 is 21.9 Å². The van der Waals surface area contributed by atoms with Crippen LogP contribution in [0.4, 0.5) is 0 Å². The van der Waals surface area contributed by atoms with Crippen LogP contribution in [0.5, 0.6) is 0 Å². The molecule has 5 heteroatoms. The maximum Gasteiger partial charge on any atom is 0.108 e. The summed E-state index contributed by atoms with van der Waals surface area (Å²) in [5.41, 5.74) is 7.25. The van der Waals surface area contributed by atoms with Gasteiger partial charge in [0.2, 0.25) is 0 Å². The smallest absolute Gasteiger partial charge is 0.108 e. The Morgan fingerprint density at radius 1 is 0.848 bits per heavy atom. The van der Waals surface area contributed by atoms with Crippen molar-refractivity contribution in [1.29, 1.82) is 0 Å². The molecule has 3 aromatic heterocycles. The summed E-state index contributed by atoms with van der Waals surface area (Å²) in [5.74, 6) is 6.47. The second kappa shape index (κ2) is 8.50. The van der Waals surface area contributed by atoms with E-state index in [1.54, 1.807) is 12.4 Å². The molecule has 0 atom stereocenters. The molecule has 0 radical (unpaired) electrons. The number of imidazole rings is 1. The van der Waals surface area contributed by atoms with Crippen molar-refractivity contribution in [2.45, 2.75) is 12.8 Å². The van der Waals surface area contributed by atoms with Crippen LogP contribution in [0, 0.1) is 11.8 Å². The van der Waals surface area contributed by atoms with Gasteiger partial charge in [-0.3, -0.25) is 14.5 Å². The Labute approximate surface area is 192 Å². The van der Waals surface area contributed by atoms with Gasteiger partial charge in [-0.05, 0) is 67.9 Å². The first kappa shape index (κ1) is 19.7. The first-order chi connectivity index (χ1) is 16.3. The van der Waals surface area contributed by atoms with Crippen LogP contribution >= 0.6 is 0 Å². The molecule has 0 aliphatic carbocycles. The predicted molar refractivity (Wildman–Crippen MR) is 131 cm³/mol. The highest BCUT2D eigenvalue weighted by Gasteiger charge is 2.16. The van der Waals surface area contributed by atoms with E-state index in [0.717, 1.165) is 46.0 Å². The predicted octanol–water partition coefficient (Wildman–Crippen LogP) is 4.62. The topological polar surface area (TPSA) is 46.8 Å². The van der Waals surface area contributed by atoms with Crippen LogP contribution in [0.2, 0.25) is 0 Å². The van der Waals surface area contributed by atoms with Gasteiger partial charge in [-0.25, -0.2) is 4.98 Å². The van der Waals surface area contributed by atoms with Crippen LogP contribution < -0.4 is 0 Å². The van der Waals surface area contributed by atoms with Crippen molar-refractivity contribution in [2.24, 2.45) is 0 Å². The lowest BCUT2D eigenvalue weighted by Crippen LogP contribution is -2.38. The third kappa shape index (κ3) is 3.86. The second-order valence-corrected chi connectivity index (χ2v) is 8.40. The van der Waals surface area contributed by atoms with Crippen LogP contribution in [0.15, 0.2) is 79.5 Å². The van der Waals surface area contributed by atoms with Gasteiger partial charge < -0.3 is 4.90 Å². The largest absolute Gasteiger partial charge is 0.303 e. The van der Waals surface area contributed by atoms with Gasteiger partial charge in [-0.2, -0.15) is 0 Å². The van der Waals surface area contributed by atoms with Crippen LogP contribution in [-0.4, -0.2) is 44.1 Å². The molecular weight excluding hydrogens is 406 g/mol. The molecule has 0 spiro atoms. The molecule has 33 heavy (non-hydrogen) atoms. The lowest BCUT2D eigenvalue weighted by molar-refractivity contribution is 0.184. The van der Waals surface area contributed by atoms with E-state index in [0.29, 0.717) is 0 Å². The van der Waals surface area contributed by atoms with Gasteiger partial charge in [0.15, 0.2) is 0 Å². The van der Waals surface area contributed by atoms with Crippen molar-refractivity contribution < 1.29 is 0 Å². The molecule has 1 fully saturated rings. The van der Waals surface area contributed by atoms with E-state index in [1.807, 2.05) is 36.8 Å². The van der Waals surface area contributed by atoms with Crippen molar-refractivity contribution in [3.05, 3.63) is 96.2 Å². The molecule has 160 valence electrons. The molecule has 5 nitrogen and oxygen atoms in total. The molecule has 4 heterocycles. The third-order valence-corrected chi connectivity index (χ3v) is 6.28. The zero-order valence-electron chi connectivity index (χ0n) is 18.3. The molecule has 1 aliphatic rings. The summed E-state index contributed by atoms with van der Waals surface area (Å²) in [6, 6.07) is 18.7. The number of aromatic nitrogens is 4. The molecule has 0 amide bonds. The van der Waals surface area contributed by atoms with Crippen LogP contribution in [-0.2, 0) is 6.42 Å². The van der Waals surface area contributed by atoms with Crippen LogP contribution in [0.25, 0.3) is 27.6 Å². The van der Waals surface area contributed by atoms with E-state index in [-0.39, 0.29) is 0 Å². The Kier molecular flexibility index (Phi) is 5.06. The van der Waals surface area contributed by atoms with E-state index in [4.69, 9.17) is 0 Å². The number of likely N-dealkylation sites (tertiary alicyclic amines) is 1. The number of hydrogen-bond acceptors (Lipinski definition) is 4. The summed E-state index contributed by atoms with van der Waals surface area (Å²) in [6.07, 6.45) is 9.66. The molecule has 5 aromatic rings. The number of fused-ring (bicyclic) bond motifs is 3. The molecule has 6 rings (SSSR count). The summed E-state index contributed by atoms with van der Waals surface area (Å²) in [4.78, 5) is 16.0. The minimum absolute atomic E-state index is 0.886. The molecule has 2 aromatic carbocycles. The van der Waals surface area contributed by atoms with E-state index in [9.17, 15) is 0 Å². The monoisotopic (exact) mass is 429 g/mol. The molecular formula is C28H23N5. The zero-order valence-corrected chi connectivity index (χ0v) is 18.3. The van der Waals surface area contributed by atoms with Gasteiger partial charge in [-0.15, -0.1) is 0 Å². The Bertz CT molecular complexity index is 1500. The Morgan fingerprint density at radius 2 is 1.76 bits per heavy atom. The quantitative estimate of drug-likeness (QED) is 0.391. The number of hydrogen-bond donors (Lipinski definition) is 0. The number of pyridine rings is 2. The lowest BCUT2D eigenvalue weighted by Gasteiger charge is -2.30. The summed E-state index contributed by atoms with van der Waals surface area (Å²) in [7, 11) is 0. The van der Waals surface area contributed by atoms with Crippen molar-refractivity contribution in [1.82, 2.24) is 24.4 Å². The fourth-order valence-electron chi connectivity index (χ4n) is 4.38. The molecule has 0 unspecified atom stereocenters. The molecule has 0 bridgehead atoms. The zero-order chi connectivity index (χ0) is 22.0. The molecule has 1 aliphatic heterocycles. The van der Waals surface area contributed by atoms with Gasteiger partial charge in [0.1, 0.15) is 11.8 Å². The summed E-state index contributed by atoms with van der Waals surface area (Å²) < 4.78 is 2.21. The Hall–Kier alpha value is -4.01. The van der Waals surface area contributed by atoms with Crippen LogP contribution in [0.3, 0.4) is 0 Å².